The van der Waals surface area contributed by atoms with Gasteiger partial charge in [0.25, 0.3) is 5.91 Å². The van der Waals surface area contributed by atoms with Crippen LogP contribution in [0.5, 0.6) is 0 Å². The van der Waals surface area contributed by atoms with Crippen LogP contribution >= 0.6 is 11.8 Å². The minimum absolute atomic E-state index is 0.188. The number of carbonyl (C=O) groups is 2. The van der Waals surface area contributed by atoms with Crippen LogP contribution in [0.2, 0.25) is 0 Å². The van der Waals surface area contributed by atoms with Gasteiger partial charge in [0, 0.05) is 30.5 Å². The number of imidazole rings is 1. The highest BCUT2D eigenvalue weighted by Crippen LogP contribution is 2.19. The Hall–Kier alpha value is -4.44. The van der Waals surface area contributed by atoms with E-state index in [4.69, 9.17) is 0 Å². The Morgan fingerprint density at radius 2 is 1.81 bits per heavy atom. The number of hydrogen-bond donors (Lipinski definition) is 2. The molecule has 0 bridgehead atoms. The van der Waals surface area contributed by atoms with Crippen molar-refractivity contribution in [1.82, 2.24) is 29.6 Å². The molecule has 2 amide bonds. The van der Waals surface area contributed by atoms with E-state index in [-0.39, 0.29) is 17.6 Å². The molecule has 0 aliphatic rings. The molecular weight excluding hydrogens is 474 g/mol. The summed E-state index contributed by atoms with van der Waals surface area (Å²) < 4.78 is 3.78. The van der Waals surface area contributed by atoms with Crippen molar-refractivity contribution >= 4 is 40.3 Å². The summed E-state index contributed by atoms with van der Waals surface area (Å²) >= 11 is 1.29. The number of hydrogen-bond acceptors (Lipinski definition) is 6. The molecule has 0 saturated carbocycles. The van der Waals surface area contributed by atoms with Crippen LogP contribution in [-0.2, 0) is 18.4 Å². The van der Waals surface area contributed by atoms with Gasteiger partial charge in [-0.15, -0.1) is 10.2 Å². The molecule has 0 aliphatic heterocycles. The fraction of sp³-hybridized carbons (Fsp3) is 0.115. The zero-order chi connectivity index (χ0) is 24.9. The SMILES string of the molecule is Cn1cnnc1SCC(=O)Nc1cccc(C(=O)NCc2ccc(-n3cnc4ccccc43)cc2)c1. The number of anilines is 1. The molecule has 10 heteroatoms. The number of thioether (sulfide) groups is 1. The summed E-state index contributed by atoms with van der Waals surface area (Å²) in [5.74, 6) is -0.219. The second kappa shape index (κ2) is 10.4. The molecule has 2 heterocycles. The number of aryl methyl sites for hydroxylation is 1. The largest absolute Gasteiger partial charge is 0.348 e. The van der Waals surface area contributed by atoms with Crippen LogP contribution in [0.1, 0.15) is 15.9 Å². The smallest absolute Gasteiger partial charge is 0.251 e. The lowest BCUT2D eigenvalue weighted by Gasteiger charge is -2.09. The number of rotatable bonds is 8. The van der Waals surface area contributed by atoms with Gasteiger partial charge in [-0.25, -0.2) is 4.98 Å². The van der Waals surface area contributed by atoms with Crippen LogP contribution in [0.15, 0.2) is 90.6 Å². The second-order valence-corrected chi connectivity index (χ2v) is 9.04. The van der Waals surface area contributed by atoms with Crippen molar-refractivity contribution in [3.8, 4) is 5.69 Å². The Morgan fingerprint density at radius 1 is 0.972 bits per heavy atom. The first-order valence-corrected chi connectivity index (χ1v) is 12.2. The maximum atomic E-state index is 12.7. The maximum absolute atomic E-state index is 12.7. The molecule has 0 unspecified atom stereocenters. The van der Waals surface area contributed by atoms with Crippen molar-refractivity contribution in [1.29, 1.82) is 0 Å². The van der Waals surface area contributed by atoms with E-state index >= 15 is 0 Å². The molecule has 0 fully saturated rings. The molecule has 180 valence electrons. The minimum atomic E-state index is -0.218. The molecule has 2 aromatic heterocycles. The van der Waals surface area contributed by atoms with Gasteiger partial charge in [0.05, 0.1) is 16.8 Å². The third-order valence-electron chi connectivity index (χ3n) is 5.53. The number of benzene rings is 3. The van der Waals surface area contributed by atoms with Crippen molar-refractivity contribution in [3.05, 3.63) is 96.6 Å². The highest BCUT2D eigenvalue weighted by molar-refractivity contribution is 7.99. The Bertz CT molecular complexity index is 1520. The fourth-order valence-corrected chi connectivity index (χ4v) is 4.38. The fourth-order valence-electron chi connectivity index (χ4n) is 3.69. The van der Waals surface area contributed by atoms with Gasteiger partial charge in [-0.05, 0) is 48.0 Å². The second-order valence-electron chi connectivity index (χ2n) is 8.09. The lowest BCUT2D eigenvalue weighted by atomic mass is 10.1. The molecular formula is C26H23N7O2S. The van der Waals surface area contributed by atoms with Crippen LogP contribution < -0.4 is 10.6 Å². The van der Waals surface area contributed by atoms with E-state index in [0.29, 0.717) is 23.0 Å². The maximum Gasteiger partial charge on any atom is 0.251 e. The summed E-state index contributed by atoms with van der Waals surface area (Å²) in [6.07, 6.45) is 3.39. The zero-order valence-corrected chi connectivity index (χ0v) is 20.3. The third-order valence-corrected chi connectivity index (χ3v) is 6.57. The van der Waals surface area contributed by atoms with Crippen LogP contribution in [0.3, 0.4) is 0 Å². The van der Waals surface area contributed by atoms with E-state index in [0.717, 1.165) is 22.3 Å². The van der Waals surface area contributed by atoms with Crippen LogP contribution in [0.25, 0.3) is 16.7 Å². The Labute approximate surface area is 211 Å². The number of carbonyl (C=O) groups excluding carboxylic acids is 2. The average molecular weight is 498 g/mol. The zero-order valence-electron chi connectivity index (χ0n) is 19.5. The van der Waals surface area contributed by atoms with Gasteiger partial charge in [0.1, 0.15) is 12.7 Å². The van der Waals surface area contributed by atoms with E-state index in [1.807, 2.05) is 66.5 Å². The van der Waals surface area contributed by atoms with Crippen molar-refractivity contribution < 1.29 is 9.59 Å². The van der Waals surface area contributed by atoms with Gasteiger partial charge in [-0.2, -0.15) is 0 Å². The summed E-state index contributed by atoms with van der Waals surface area (Å²) in [5, 5.41) is 14.2. The molecule has 0 saturated heterocycles. The number of fused-ring (bicyclic) bond motifs is 1. The Balaban J connectivity index is 1.16. The predicted molar refractivity (Wildman–Crippen MR) is 139 cm³/mol. The summed E-state index contributed by atoms with van der Waals surface area (Å²) in [5.41, 5.74) is 4.98. The van der Waals surface area contributed by atoms with Gasteiger partial charge in [0.15, 0.2) is 5.16 Å². The summed E-state index contributed by atoms with van der Waals surface area (Å²) in [7, 11) is 1.82. The van der Waals surface area contributed by atoms with Gasteiger partial charge in [-0.1, -0.05) is 42.1 Å². The predicted octanol–water partition coefficient (Wildman–Crippen LogP) is 3.81. The van der Waals surface area contributed by atoms with E-state index in [1.165, 1.54) is 11.8 Å². The highest BCUT2D eigenvalue weighted by Gasteiger charge is 2.10. The quantitative estimate of drug-likeness (QED) is 0.316. The monoisotopic (exact) mass is 497 g/mol. The molecule has 0 atom stereocenters. The standard InChI is InChI=1S/C26H23N7O2S/c1-32-17-29-31-26(32)36-15-24(34)30-20-6-4-5-19(13-20)25(35)27-14-18-9-11-21(12-10-18)33-16-28-22-7-2-3-8-23(22)33/h2-13,16-17H,14-15H2,1H3,(H,27,35)(H,30,34). The minimum Gasteiger partial charge on any atom is -0.348 e. The molecule has 5 rings (SSSR count). The van der Waals surface area contributed by atoms with Crippen LogP contribution in [0, 0.1) is 0 Å². The number of para-hydroxylation sites is 2. The normalized spacial score (nSPS) is 10.9. The molecule has 2 N–H and O–H groups in total. The van der Waals surface area contributed by atoms with E-state index < -0.39 is 0 Å². The Kier molecular flexibility index (Phi) is 6.76. The van der Waals surface area contributed by atoms with E-state index in [9.17, 15) is 9.59 Å². The summed E-state index contributed by atoms with van der Waals surface area (Å²) in [6, 6.07) is 22.8. The molecule has 0 aliphatic carbocycles. The number of amides is 2. The molecule has 0 spiro atoms. The first kappa shape index (κ1) is 23.3. The average Bonchev–Trinajstić information content (AvgIpc) is 3.52. The topological polar surface area (TPSA) is 107 Å². The summed E-state index contributed by atoms with van der Waals surface area (Å²) in [6.45, 7) is 0.384. The highest BCUT2D eigenvalue weighted by atomic mass is 32.2. The van der Waals surface area contributed by atoms with Crippen molar-refractivity contribution in [2.45, 2.75) is 11.7 Å². The van der Waals surface area contributed by atoms with Gasteiger partial charge in [-0.3, -0.25) is 14.2 Å². The van der Waals surface area contributed by atoms with Crippen molar-refractivity contribution in [3.63, 3.8) is 0 Å². The molecule has 5 aromatic rings. The van der Waals surface area contributed by atoms with Crippen molar-refractivity contribution in [2.75, 3.05) is 11.1 Å². The van der Waals surface area contributed by atoms with E-state index in [1.54, 1.807) is 35.2 Å². The Morgan fingerprint density at radius 3 is 2.61 bits per heavy atom. The van der Waals surface area contributed by atoms with Gasteiger partial charge in [0.2, 0.25) is 5.91 Å². The molecule has 3 aromatic carbocycles. The van der Waals surface area contributed by atoms with Gasteiger partial charge >= 0.3 is 0 Å². The third kappa shape index (κ3) is 5.28. The molecule has 0 radical (unpaired) electrons. The number of nitrogens with one attached hydrogen (secondary N) is 2. The summed E-state index contributed by atoms with van der Waals surface area (Å²) in [4.78, 5) is 29.4. The van der Waals surface area contributed by atoms with E-state index in [2.05, 4.69) is 25.8 Å². The lowest BCUT2D eigenvalue weighted by molar-refractivity contribution is -0.113. The first-order valence-electron chi connectivity index (χ1n) is 11.2. The molecule has 36 heavy (non-hydrogen) atoms. The lowest BCUT2D eigenvalue weighted by Crippen LogP contribution is -2.23. The van der Waals surface area contributed by atoms with Gasteiger partial charge < -0.3 is 15.2 Å². The van der Waals surface area contributed by atoms with Crippen molar-refractivity contribution in [2.24, 2.45) is 7.05 Å². The molecule has 9 nitrogen and oxygen atoms in total. The van der Waals surface area contributed by atoms with Crippen LogP contribution in [-0.4, -0.2) is 41.9 Å². The number of aromatic nitrogens is 5. The first-order chi connectivity index (χ1) is 17.6. The number of nitrogens with zero attached hydrogens (tertiary/aromatic N) is 5. The van der Waals surface area contributed by atoms with Crippen LogP contribution in [0.4, 0.5) is 5.69 Å².